The van der Waals surface area contributed by atoms with Gasteiger partial charge in [-0.15, -0.1) is 0 Å². The van der Waals surface area contributed by atoms with Gasteiger partial charge in [0.2, 0.25) is 6.79 Å². The molecule has 2 aromatic heterocycles. The number of alkyl carbamates (subject to hydrolysis) is 1. The van der Waals surface area contributed by atoms with Crippen molar-refractivity contribution in [2.75, 3.05) is 12.1 Å². The van der Waals surface area contributed by atoms with Gasteiger partial charge in [-0.25, -0.2) is 19.1 Å². The number of pyridine rings is 1. The predicted octanol–water partition coefficient (Wildman–Crippen LogP) is 4.68. The molecule has 12 nitrogen and oxygen atoms in total. The fourth-order valence-electron chi connectivity index (χ4n) is 4.17. The lowest BCUT2D eigenvalue weighted by molar-refractivity contribution is -0.155. The zero-order valence-corrected chi connectivity index (χ0v) is 24.6. The lowest BCUT2D eigenvalue weighted by Crippen LogP contribution is -2.45. The Balaban J connectivity index is 1.51. The third-order valence-corrected chi connectivity index (χ3v) is 6.44. The van der Waals surface area contributed by atoms with Crippen LogP contribution in [0.1, 0.15) is 36.7 Å². The number of nitrogens with zero attached hydrogens (tertiary/aromatic N) is 3. The molecule has 0 unspecified atom stereocenters. The molecular weight excluding hydrogens is 566 g/mol. The van der Waals surface area contributed by atoms with Crippen molar-refractivity contribution in [2.45, 2.75) is 40.0 Å². The van der Waals surface area contributed by atoms with Gasteiger partial charge in [0.1, 0.15) is 29.6 Å². The highest BCUT2D eigenvalue weighted by Crippen LogP contribution is 2.28. The molecule has 1 amide bonds. The van der Waals surface area contributed by atoms with Gasteiger partial charge in [-0.1, -0.05) is 74.5 Å². The number of anilines is 2. The summed E-state index contributed by atoms with van der Waals surface area (Å²) in [4.78, 5) is 56.2. The van der Waals surface area contributed by atoms with Crippen LogP contribution < -0.4 is 16.2 Å². The van der Waals surface area contributed by atoms with E-state index in [9.17, 15) is 19.2 Å². The molecule has 44 heavy (non-hydrogen) atoms. The molecule has 4 aromatic rings. The molecular formula is C32H33N5O7. The standard InChI is InChI=1S/C32H33N5O7/c1-4-37-29(38)28(34-24-16-11-17-33-18-24)25(27(36-37)23-14-9-6-10-15-23)30(39)43-20-44-31(40)26(21(2)3)35-32(41)42-19-22-12-7-5-8-13-22/h5-18,21,26,34H,4,19-20H2,1-3H3,(H,35,41)/t26-/m0/s1. The molecule has 0 aliphatic rings. The van der Waals surface area contributed by atoms with Crippen molar-refractivity contribution in [2.24, 2.45) is 5.92 Å². The van der Waals surface area contributed by atoms with Crippen molar-refractivity contribution in [1.29, 1.82) is 0 Å². The molecule has 0 aliphatic heterocycles. The summed E-state index contributed by atoms with van der Waals surface area (Å²) in [6.45, 7) is 4.67. The molecule has 0 spiro atoms. The SMILES string of the molecule is CCn1nc(-c2ccccc2)c(C(=O)OCOC(=O)[C@@H](NC(=O)OCc2ccccc2)C(C)C)c(Nc2cccnc2)c1=O. The van der Waals surface area contributed by atoms with Gasteiger partial charge in [-0.2, -0.15) is 5.10 Å². The summed E-state index contributed by atoms with van der Waals surface area (Å²) >= 11 is 0. The number of rotatable bonds is 12. The van der Waals surface area contributed by atoms with Crippen LogP contribution in [0.2, 0.25) is 0 Å². The molecule has 0 saturated heterocycles. The Hall–Kier alpha value is -5.52. The van der Waals surface area contributed by atoms with Crippen molar-refractivity contribution in [3.63, 3.8) is 0 Å². The number of amides is 1. The van der Waals surface area contributed by atoms with Crippen LogP contribution >= 0.6 is 0 Å². The lowest BCUT2D eigenvalue weighted by Gasteiger charge is -2.21. The van der Waals surface area contributed by atoms with Crippen molar-refractivity contribution in [3.05, 3.63) is 107 Å². The second kappa shape index (κ2) is 15.1. The van der Waals surface area contributed by atoms with Crippen LogP contribution in [-0.2, 0) is 32.2 Å². The number of aryl methyl sites for hydroxylation is 1. The van der Waals surface area contributed by atoms with Crippen LogP contribution in [-0.4, -0.2) is 45.6 Å². The number of carbonyl (C=O) groups excluding carboxylic acids is 3. The van der Waals surface area contributed by atoms with Crippen LogP contribution in [0.15, 0.2) is 90.0 Å². The molecule has 2 heterocycles. The summed E-state index contributed by atoms with van der Waals surface area (Å²) in [6.07, 6.45) is 2.27. The highest BCUT2D eigenvalue weighted by atomic mass is 16.7. The Morgan fingerprint density at radius 2 is 1.61 bits per heavy atom. The average Bonchev–Trinajstić information content (AvgIpc) is 3.04. The minimum Gasteiger partial charge on any atom is -0.445 e. The maximum atomic E-state index is 13.5. The molecule has 2 N–H and O–H groups in total. The first-order chi connectivity index (χ1) is 21.3. The smallest absolute Gasteiger partial charge is 0.408 e. The zero-order chi connectivity index (χ0) is 31.5. The molecule has 0 bridgehead atoms. The topological polar surface area (TPSA) is 151 Å². The van der Waals surface area contributed by atoms with Gasteiger partial charge in [-0.3, -0.25) is 9.78 Å². The summed E-state index contributed by atoms with van der Waals surface area (Å²) in [5.41, 5.74) is 1.22. The number of hydrogen-bond donors (Lipinski definition) is 2. The quantitative estimate of drug-likeness (QED) is 0.174. The van der Waals surface area contributed by atoms with E-state index in [1.807, 2.05) is 24.3 Å². The molecule has 0 saturated carbocycles. The fourth-order valence-corrected chi connectivity index (χ4v) is 4.17. The minimum atomic E-state index is -1.07. The third-order valence-electron chi connectivity index (χ3n) is 6.44. The first-order valence-corrected chi connectivity index (χ1v) is 14.0. The van der Waals surface area contributed by atoms with Crippen LogP contribution in [0.5, 0.6) is 0 Å². The van der Waals surface area contributed by atoms with Crippen molar-refractivity contribution in [3.8, 4) is 11.3 Å². The van der Waals surface area contributed by atoms with E-state index in [2.05, 4.69) is 20.7 Å². The average molecular weight is 600 g/mol. The summed E-state index contributed by atoms with van der Waals surface area (Å²) in [6, 6.07) is 20.2. The van der Waals surface area contributed by atoms with E-state index >= 15 is 0 Å². The van der Waals surface area contributed by atoms with Crippen LogP contribution in [0.3, 0.4) is 0 Å². The zero-order valence-electron chi connectivity index (χ0n) is 24.6. The molecule has 1 atom stereocenters. The summed E-state index contributed by atoms with van der Waals surface area (Å²) in [7, 11) is 0. The Morgan fingerprint density at radius 3 is 2.25 bits per heavy atom. The van der Waals surface area contributed by atoms with E-state index in [0.717, 1.165) is 5.56 Å². The van der Waals surface area contributed by atoms with E-state index in [1.54, 1.807) is 75.5 Å². The van der Waals surface area contributed by atoms with Gasteiger partial charge in [0.15, 0.2) is 0 Å². The molecule has 0 aliphatic carbocycles. The summed E-state index contributed by atoms with van der Waals surface area (Å²) in [5.74, 6) is -2.15. The van der Waals surface area contributed by atoms with Crippen LogP contribution in [0, 0.1) is 5.92 Å². The van der Waals surface area contributed by atoms with Crippen molar-refractivity contribution in [1.82, 2.24) is 20.1 Å². The molecule has 12 heteroatoms. The molecule has 0 radical (unpaired) electrons. The Morgan fingerprint density at radius 1 is 0.909 bits per heavy atom. The lowest BCUT2D eigenvalue weighted by atomic mass is 10.0. The Bertz CT molecular complexity index is 1630. The van der Waals surface area contributed by atoms with E-state index < -0.39 is 36.4 Å². The van der Waals surface area contributed by atoms with Crippen molar-refractivity contribution < 1.29 is 28.6 Å². The molecule has 0 fully saturated rings. The Kier molecular flexibility index (Phi) is 10.8. The van der Waals surface area contributed by atoms with Crippen LogP contribution in [0.25, 0.3) is 11.3 Å². The third kappa shape index (κ3) is 8.06. The first-order valence-electron chi connectivity index (χ1n) is 14.0. The highest BCUT2D eigenvalue weighted by molar-refractivity contribution is 6.02. The largest absolute Gasteiger partial charge is 0.445 e. The van der Waals surface area contributed by atoms with Crippen molar-refractivity contribution >= 4 is 29.4 Å². The highest BCUT2D eigenvalue weighted by Gasteiger charge is 2.29. The van der Waals surface area contributed by atoms with Gasteiger partial charge in [0, 0.05) is 18.3 Å². The van der Waals surface area contributed by atoms with Crippen LogP contribution in [0.4, 0.5) is 16.2 Å². The number of carbonyl (C=O) groups is 3. The monoisotopic (exact) mass is 599 g/mol. The maximum Gasteiger partial charge on any atom is 0.408 e. The second-order valence-corrected chi connectivity index (χ2v) is 9.89. The van der Waals surface area contributed by atoms with E-state index in [4.69, 9.17) is 14.2 Å². The summed E-state index contributed by atoms with van der Waals surface area (Å²) in [5, 5.41) is 9.91. The Labute approximate surface area is 254 Å². The molecule has 4 rings (SSSR count). The second-order valence-electron chi connectivity index (χ2n) is 9.89. The molecule has 228 valence electrons. The fraction of sp³-hybridized carbons (Fsp3) is 0.250. The number of nitrogens with one attached hydrogen (secondary N) is 2. The summed E-state index contributed by atoms with van der Waals surface area (Å²) < 4.78 is 17.0. The first kappa shape index (κ1) is 31.4. The van der Waals surface area contributed by atoms with Gasteiger partial charge in [-0.05, 0) is 30.5 Å². The van der Waals surface area contributed by atoms with E-state index in [1.165, 1.54) is 10.9 Å². The number of aromatic nitrogens is 3. The number of esters is 2. The van der Waals surface area contributed by atoms with Gasteiger partial charge in [0.25, 0.3) is 5.56 Å². The predicted molar refractivity (Wildman–Crippen MR) is 162 cm³/mol. The normalized spacial score (nSPS) is 11.4. The maximum absolute atomic E-state index is 13.5. The van der Waals surface area contributed by atoms with Gasteiger partial charge in [0.05, 0.1) is 11.9 Å². The van der Waals surface area contributed by atoms with Gasteiger partial charge < -0.3 is 24.8 Å². The van der Waals surface area contributed by atoms with E-state index in [0.29, 0.717) is 11.3 Å². The molecule has 2 aromatic carbocycles. The van der Waals surface area contributed by atoms with Gasteiger partial charge >= 0.3 is 18.0 Å². The minimum absolute atomic E-state index is 0.0220. The number of hydrogen-bond acceptors (Lipinski definition) is 10. The van der Waals surface area contributed by atoms with E-state index in [-0.39, 0.29) is 36.0 Å². The number of benzene rings is 2. The number of ether oxygens (including phenoxy) is 3.